The lowest BCUT2D eigenvalue weighted by Gasteiger charge is -2.29. The van der Waals surface area contributed by atoms with Crippen LogP contribution in [0, 0.1) is 17.5 Å². The van der Waals surface area contributed by atoms with Crippen molar-refractivity contribution in [1.82, 2.24) is 9.80 Å². The maximum atomic E-state index is 13.8. The fourth-order valence-electron chi connectivity index (χ4n) is 3.59. The van der Waals surface area contributed by atoms with Crippen LogP contribution in [0.3, 0.4) is 0 Å². The van der Waals surface area contributed by atoms with Crippen LogP contribution in [-0.2, 0) is 16.0 Å². The smallest absolute Gasteiger partial charge is 0.245 e. The molecule has 2 unspecified atom stereocenters. The molecule has 2 atom stereocenters. The first kappa shape index (κ1) is 19.7. The van der Waals surface area contributed by atoms with E-state index in [0.29, 0.717) is 31.6 Å². The largest absolute Gasteiger partial charge is 0.338 e. The Morgan fingerprint density at radius 2 is 1.85 bits per heavy atom. The van der Waals surface area contributed by atoms with Crippen molar-refractivity contribution < 1.29 is 22.8 Å². The highest BCUT2D eigenvalue weighted by molar-refractivity contribution is 5.88. The topological polar surface area (TPSA) is 66.6 Å². The third-order valence-corrected chi connectivity index (χ3v) is 5.22. The van der Waals surface area contributed by atoms with Gasteiger partial charge in [-0.25, -0.2) is 13.2 Å². The lowest BCUT2D eigenvalue weighted by atomic mass is 10.0. The van der Waals surface area contributed by atoms with Crippen molar-refractivity contribution in [2.75, 3.05) is 13.1 Å². The summed E-state index contributed by atoms with van der Waals surface area (Å²) in [7, 11) is 0. The lowest BCUT2D eigenvalue weighted by Crippen LogP contribution is -2.48. The molecule has 1 aromatic rings. The van der Waals surface area contributed by atoms with E-state index < -0.39 is 29.5 Å². The molecule has 2 fully saturated rings. The van der Waals surface area contributed by atoms with Gasteiger partial charge in [-0.2, -0.15) is 0 Å². The second kappa shape index (κ2) is 7.88. The maximum Gasteiger partial charge on any atom is 0.245 e. The lowest BCUT2D eigenvalue weighted by molar-refractivity contribution is -0.143. The Morgan fingerprint density at radius 1 is 1.19 bits per heavy atom. The number of benzene rings is 1. The van der Waals surface area contributed by atoms with Gasteiger partial charge in [-0.3, -0.25) is 9.59 Å². The fraction of sp³-hybridized carbons (Fsp3) is 0.579. The fourth-order valence-corrected chi connectivity index (χ4v) is 3.59. The van der Waals surface area contributed by atoms with Gasteiger partial charge in [0.05, 0.1) is 0 Å². The van der Waals surface area contributed by atoms with Crippen molar-refractivity contribution >= 4 is 11.8 Å². The van der Waals surface area contributed by atoms with Crippen LogP contribution in [0.5, 0.6) is 0 Å². The van der Waals surface area contributed by atoms with Crippen LogP contribution < -0.4 is 5.73 Å². The first-order valence-electron chi connectivity index (χ1n) is 9.27. The van der Waals surface area contributed by atoms with Gasteiger partial charge in [-0.15, -0.1) is 0 Å². The average Bonchev–Trinajstić information content (AvgIpc) is 3.43. The summed E-state index contributed by atoms with van der Waals surface area (Å²) >= 11 is 0. The summed E-state index contributed by atoms with van der Waals surface area (Å²) in [6.45, 7) is 2.81. The first-order valence-corrected chi connectivity index (χ1v) is 9.27. The Hall–Kier alpha value is -2.09. The minimum atomic E-state index is -1.27. The van der Waals surface area contributed by atoms with Crippen molar-refractivity contribution in [1.29, 1.82) is 0 Å². The van der Waals surface area contributed by atoms with Crippen molar-refractivity contribution in [3.05, 3.63) is 35.1 Å². The highest BCUT2D eigenvalue weighted by Gasteiger charge is 2.39. The molecule has 1 saturated carbocycles. The molecule has 2 aliphatic rings. The maximum absolute atomic E-state index is 13.8. The van der Waals surface area contributed by atoms with E-state index in [1.807, 2.05) is 4.90 Å². The summed E-state index contributed by atoms with van der Waals surface area (Å²) < 4.78 is 40.1. The minimum Gasteiger partial charge on any atom is -0.338 e. The zero-order chi connectivity index (χ0) is 19.7. The predicted octanol–water partition coefficient (Wildman–Crippen LogP) is 1.98. The molecule has 1 aliphatic carbocycles. The molecule has 0 aromatic heterocycles. The number of nitrogens with two attached hydrogens (primary N) is 1. The zero-order valence-electron chi connectivity index (χ0n) is 15.3. The van der Waals surface area contributed by atoms with Crippen LogP contribution in [0.2, 0.25) is 0 Å². The molecule has 8 heteroatoms. The van der Waals surface area contributed by atoms with E-state index in [4.69, 9.17) is 5.73 Å². The van der Waals surface area contributed by atoms with Gasteiger partial charge in [0, 0.05) is 37.7 Å². The van der Waals surface area contributed by atoms with Crippen molar-refractivity contribution in [3.8, 4) is 0 Å². The van der Waals surface area contributed by atoms with Crippen LogP contribution in [0.25, 0.3) is 0 Å². The zero-order valence-corrected chi connectivity index (χ0v) is 15.3. The van der Waals surface area contributed by atoms with Gasteiger partial charge in [0.15, 0.2) is 11.6 Å². The normalized spacial score (nSPS) is 22.0. The molecule has 1 saturated heterocycles. The summed E-state index contributed by atoms with van der Waals surface area (Å²) in [6.07, 6.45) is 2.53. The number of carbonyl (C=O) groups excluding carboxylic acids is 2. The van der Waals surface area contributed by atoms with Gasteiger partial charge < -0.3 is 15.5 Å². The Labute approximate surface area is 156 Å². The van der Waals surface area contributed by atoms with Gasteiger partial charge >= 0.3 is 0 Å². The number of amides is 2. The molecule has 1 heterocycles. The number of rotatable bonds is 5. The van der Waals surface area contributed by atoms with Gasteiger partial charge in [0.2, 0.25) is 11.8 Å². The molecule has 1 aromatic carbocycles. The van der Waals surface area contributed by atoms with E-state index >= 15 is 0 Å². The van der Waals surface area contributed by atoms with Gasteiger partial charge in [0.25, 0.3) is 0 Å². The molecule has 0 radical (unpaired) electrons. The van der Waals surface area contributed by atoms with Gasteiger partial charge in [-0.05, 0) is 44.2 Å². The second-order valence-corrected chi connectivity index (χ2v) is 7.41. The summed E-state index contributed by atoms with van der Waals surface area (Å²) in [6, 6.07) is 0.213. The summed E-state index contributed by atoms with van der Waals surface area (Å²) in [5.41, 5.74) is 5.87. The van der Waals surface area contributed by atoms with E-state index in [0.717, 1.165) is 18.9 Å². The molecule has 1 aliphatic heterocycles. The number of hydrogen-bond donors (Lipinski definition) is 1. The van der Waals surface area contributed by atoms with Crippen molar-refractivity contribution in [2.24, 2.45) is 5.73 Å². The van der Waals surface area contributed by atoms with Crippen LogP contribution in [0.4, 0.5) is 13.2 Å². The highest BCUT2D eigenvalue weighted by Crippen LogP contribution is 2.29. The van der Waals surface area contributed by atoms with E-state index in [2.05, 4.69) is 0 Å². The summed E-state index contributed by atoms with van der Waals surface area (Å²) in [5.74, 6) is -3.65. The van der Waals surface area contributed by atoms with Crippen LogP contribution >= 0.6 is 0 Å². The van der Waals surface area contributed by atoms with E-state index in [1.165, 1.54) is 4.90 Å². The molecule has 5 nitrogen and oxygen atoms in total. The van der Waals surface area contributed by atoms with Crippen molar-refractivity contribution in [2.45, 2.75) is 57.2 Å². The Balaban J connectivity index is 1.62. The Bertz CT molecular complexity index is 739. The molecule has 2 N–H and O–H groups in total. The van der Waals surface area contributed by atoms with Crippen LogP contribution in [-0.4, -0.2) is 52.8 Å². The van der Waals surface area contributed by atoms with Crippen molar-refractivity contribution in [3.63, 3.8) is 0 Å². The van der Waals surface area contributed by atoms with Crippen LogP contribution in [0.15, 0.2) is 12.1 Å². The van der Waals surface area contributed by atoms with E-state index in [-0.39, 0.29) is 30.2 Å². The summed E-state index contributed by atoms with van der Waals surface area (Å²) in [5, 5.41) is 0. The Morgan fingerprint density at radius 3 is 2.52 bits per heavy atom. The molecule has 2 amide bonds. The second-order valence-electron chi connectivity index (χ2n) is 7.41. The number of hydrogen-bond acceptors (Lipinski definition) is 3. The minimum absolute atomic E-state index is 0.0522. The molecule has 3 rings (SSSR count). The quantitative estimate of drug-likeness (QED) is 0.791. The molecular formula is C19H24F3N3O2. The predicted molar refractivity (Wildman–Crippen MR) is 93.1 cm³/mol. The van der Waals surface area contributed by atoms with Gasteiger partial charge in [-0.1, -0.05) is 0 Å². The molecule has 148 valence electrons. The first-order chi connectivity index (χ1) is 12.8. The van der Waals surface area contributed by atoms with Gasteiger partial charge in [0.1, 0.15) is 11.9 Å². The standard InChI is InChI=1S/C19H24F3N3O2/c1-11-19(27)25(14-3-4-14)6-2-5-24(11)18(26)9-13(23)7-12-8-16(21)17(22)10-15(12)20/h8,10-11,13-14H,2-7,9,23H2,1H3. The highest BCUT2D eigenvalue weighted by atomic mass is 19.2. The third-order valence-electron chi connectivity index (χ3n) is 5.22. The third kappa shape index (κ3) is 4.43. The molecule has 27 heavy (non-hydrogen) atoms. The van der Waals surface area contributed by atoms with E-state index in [1.54, 1.807) is 6.92 Å². The van der Waals surface area contributed by atoms with E-state index in [9.17, 15) is 22.8 Å². The molecule has 0 spiro atoms. The number of halogens is 3. The Kier molecular flexibility index (Phi) is 5.74. The SMILES string of the molecule is CC1C(=O)N(C2CC2)CCCN1C(=O)CC(N)Cc1cc(F)c(F)cc1F. The molecule has 0 bridgehead atoms. The number of carbonyl (C=O) groups is 2. The molecular weight excluding hydrogens is 359 g/mol. The monoisotopic (exact) mass is 383 g/mol. The average molecular weight is 383 g/mol. The summed E-state index contributed by atoms with van der Waals surface area (Å²) in [4.78, 5) is 28.6. The van der Waals surface area contributed by atoms with Crippen LogP contribution in [0.1, 0.15) is 38.2 Å². The number of nitrogens with zero attached hydrogens (tertiary/aromatic N) is 2.